The topological polar surface area (TPSA) is 134 Å². The molecule has 0 bridgehead atoms. The molecule has 8 aromatic rings. The Hall–Kier alpha value is -5.62. The number of nitrogens with zero attached hydrogens (tertiary/aromatic N) is 10. The predicted molar refractivity (Wildman–Crippen MR) is 225 cm³/mol. The molecule has 6 aromatic heterocycles. The number of hydrogen-bond acceptors (Lipinski definition) is 11. The zero-order valence-corrected chi connectivity index (χ0v) is 34.5. The molecule has 278 valence electrons. The lowest BCUT2D eigenvalue weighted by atomic mass is 9.79. The Balaban J connectivity index is 0.000000144. The standard InChI is InChI=1S/C19H22BN3O2.C17H11N5S.C4HBrN2S/c1-13-7-6-8-17(22-13)23-16-11-15(10-9-14(16)12-21-23)20-24-18(2,3)19(4,5)25-20;1-11-4-3-5-16(20-11)22-14-8-12(6-7-13(14)9-19-22)17-21-15(18-2)10-23-17;5-4-7-3(1-6)2-8-4/h6-12H,1-5H3;3-10H,1H3;2H. The second-order valence-corrected chi connectivity index (χ2v) is 16.8. The van der Waals surface area contributed by atoms with Gasteiger partial charge in [-0.3, -0.25) is 0 Å². The molecule has 16 heteroatoms. The molecule has 9 rings (SSSR count). The SMILES string of the molecule is Cc1cccc(-n2ncc3ccc(B4OC(C)(C)C(C)(C)O4)cc32)n1.N#Cc1csc(Br)n1.[C-]#[N+]c1csc(-c2ccc3cnn(-c4cccc(C)n4)c3c2)n1. The Morgan fingerprint density at radius 2 is 1.36 bits per heavy atom. The smallest absolute Gasteiger partial charge is 0.399 e. The summed E-state index contributed by atoms with van der Waals surface area (Å²) in [6.07, 6.45) is 3.68. The lowest BCUT2D eigenvalue weighted by Gasteiger charge is -2.32. The van der Waals surface area contributed by atoms with E-state index in [1.807, 2.05) is 102 Å². The molecule has 0 atom stereocenters. The van der Waals surface area contributed by atoms with Crippen molar-refractivity contribution in [2.24, 2.45) is 0 Å². The molecule has 12 nitrogen and oxygen atoms in total. The van der Waals surface area contributed by atoms with E-state index < -0.39 is 0 Å². The average Bonchev–Trinajstić information content (AvgIpc) is 4.02. The molecule has 2 aromatic carbocycles. The normalized spacial score (nSPS) is 14.1. The number of hydrogen-bond donors (Lipinski definition) is 0. The van der Waals surface area contributed by atoms with Crippen LogP contribution in [0.1, 0.15) is 44.8 Å². The van der Waals surface area contributed by atoms with Gasteiger partial charge < -0.3 is 14.2 Å². The van der Waals surface area contributed by atoms with Crippen molar-refractivity contribution in [3.05, 3.63) is 128 Å². The molecule has 0 saturated carbocycles. The van der Waals surface area contributed by atoms with Gasteiger partial charge in [-0.05, 0) is 105 Å². The molecule has 1 aliphatic heterocycles. The van der Waals surface area contributed by atoms with Crippen molar-refractivity contribution < 1.29 is 9.31 Å². The van der Waals surface area contributed by atoms with E-state index >= 15 is 0 Å². The van der Waals surface area contributed by atoms with E-state index in [1.54, 1.807) is 10.8 Å². The van der Waals surface area contributed by atoms with E-state index in [4.69, 9.17) is 21.1 Å². The van der Waals surface area contributed by atoms with Gasteiger partial charge >= 0.3 is 7.12 Å². The van der Waals surface area contributed by atoms with Crippen LogP contribution >= 0.6 is 38.6 Å². The minimum atomic E-state index is -0.386. The number of rotatable bonds is 4. The van der Waals surface area contributed by atoms with E-state index in [2.05, 4.69) is 90.7 Å². The average molecular weight is 842 g/mol. The summed E-state index contributed by atoms with van der Waals surface area (Å²) in [6.45, 7) is 19.2. The zero-order chi connectivity index (χ0) is 39.6. The summed E-state index contributed by atoms with van der Waals surface area (Å²) in [4.78, 5) is 20.6. The fourth-order valence-corrected chi connectivity index (χ4v) is 7.39. The first-order chi connectivity index (χ1) is 26.8. The predicted octanol–water partition coefficient (Wildman–Crippen LogP) is 9.21. The Morgan fingerprint density at radius 1 is 0.768 bits per heavy atom. The van der Waals surface area contributed by atoms with Gasteiger partial charge in [0.2, 0.25) is 5.01 Å². The third kappa shape index (κ3) is 8.16. The number of thiazole rings is 2. The van der Waals surface area contributed by atoms with Crippen LogP contribution in [0.2, 0.25) is 0 Å². The maximum absolute atomic E-state index is 8.22. The van der Waals surface area contributed by atoms with Crippen molar-refractivity contribution >= 4 is 78.8 Å². The first-order valence-electron chi connectivity index (χ1n) is 17.4. The van der Waals surface area contributed by atoms with Crippen LogP contribution in [0.25, 0.3) is 48.9 Å². The Labute approximate surface area is 340 Å². The molecular formula is C40H34BBrN10O2S2. The zero-order valence-electron chi connectivity index (χ0n) is 31.3. The van der Waals surface area contributed by atoms with Crippen molar-refractivity contribution in [3.8, 4) is 28.3 Å². The van der Waals surface area contributed by atoms with E-state index in [-0.39, 0.29) is 18.3 Å². The first kappa shape index (κ1) is 38.7. The molecule has 7 heterocycles. The molecular weight excluding hydrogens is 807 g/mol. The lowest BCUT2D eigenvalue weighted by molar-refractivity contribution is 0.00578. The Morgan fingerprint density at radius 3 is 1.86 bits per heavy atom. The maximum atomic E-state index is 8.22. The summed E-state index contributed by atoms with van der Waals surface area (Å²) in [6, 6.07) is 25.9. The molecule has 56 heavy (non-hydrogen) atoms. The molecule has 1 saturated heterocycles. The number of benzene rings is 2. The second-order valence-electron chi connectivity index (χ2n) is 13.8. The van der Waals surface area contributed by atoms with Crippen LogP contribution in [-0.2, 0) is 9.31 Å². The molecule has 0 amide bonds. The lowest BCUT2D eigenvalue weighted by Crippen LogP contribution is -2.41. The summed E-state index contributed by atoms with van der Waals surface area (Å²) in [5.41, 5.74) is 5.60. The van der Waals surface area contributed by atoms with E-state index in [9.17, 15) is 0 Å². The summed E-state index contributed by atoms with van der Waals surface area (Å²) in [7, 11) is -0.386. The third-order valence-electron chi connectivity index (χ3n) is 9.32. The fourth-order valence-electron chi connectivity index (χ4n) is 5.72. The van der Waals surface area contributed by atoms with Crippen molar-refractivity contribution in [2.75, 3.05) is 0 Å². The first-order valence-corrected chi connectivity index (χ1v) is 19.9. The highest BCUT2D eigenvalue weighted by molar-refractivity contribution is 9.11. The van der Waals surface area contributed by atoms with Crippen LogP contribution in [0.4, 0.5) is 5.82 Å². The monoisotopic (exact) mass is 840 g/mol. The van der Waals surface area contributed by atoms with Crippen molar-refractivity contribution in [2.45, 2.75) is 52.7 Å². The van der Waals surface area contributed by atoms with Gasteiger partial charge in [0.1, 0.15) is 6.07 Å². The van der Waals surface area contributed by atoms with Crippen molar-refractivity contribution in [1.82, 2.24) is 39.5 Å². The van der Waals surface area contributed by atoms with Crippen molar-refractivity contribution in [3.63, 3.8) is 0 Å². The summed E-state index contributed by atoms with van der Waals surface area (Å²) in [5.74, 6) is 2.03. The van der Waals surface area contributed by atoms with Gasteiger partial charge in [0, 0.05) is 38.5 Å². The summed E-state index contributed by atoms with van der Waals surface area (Å²) in [5, 5.41) is 23.6. The highest BCUT2D eigenvalue weighted by atomic mass is 79.9. The quantitative estimate of drug-likeness (QED) is 0.126. The number of nitriles is 1. The minimum Gasteiger partial charge on any atom is -0.399 e. The Kier molecular flexibility index (Phi) is 10.9. The number of aromatic nitrogens is 8. The van der Waals surface area contributed by atoms with E-state index in [1.165, 1.54) is 22.7 Å². The molecule has 0 spiro atoms. The highest BCUT2D eigenvalue weighted by Gasteiger charge is 2.51. The van der Waals surface area contributed by atoms with Gasteiger partial charge in [-0.1, -0.05) is 36.9 Å². The van der Waals surface area contributed by atoms with Gasteiger partial charge in [-0.15, -0.1) is 27.7 Å². The van der Waals surface area contributed by atoms with Gasteiger partial charge in [0.25, 0.3) is 5.82 Å². The Bertz CT molecular complexity index is 2760. The molecule has 0 radical (unpaired) electrons. The number of pyridine rings is 2. The second kappa shape index (κ2) is 15.9. The molecule has 1 aliphatic rings. The summed E-state index contributed by atoms with van der Waals surface area (Å²) < 4.78 is 16.8. The van der Waals surface area contributed by atoms with Crippen molar-refractivity contribution in [1.29, 1.82) is 5.26 Å². The molecule has 0 N–H and O–H groups in total. The fraction of sp³-hybridized carbons (Fsp3) is 0.200. The van der Waals surface area contributed by atoms with Crippen LogP contribution < -0.4 is 5.46 Å². The number of fused-ring (bicyclic) bond motifs is 2. The van der Waals surface area contributed by atoms with Crippen LogP contribution in [0.15, 0.2) is 99.9 Å². The maximum Gasteiger partial charge on any atom is 0.494 e. The van der Waals surface area contributed by atoms with E-state index in [0.29, 0.717) is 11.5 Å². The molecule has 0 aliphatic carbocycles. The van der Waals surface area contributed by atoms with Crippen LogP contribution in [-0.4, -0.2) is 57.8 Å². The number of aryl methyl sites for hydroxylation is 2. The van der Waals surface area contributed by atoms with Gasteiger partial charge in [-0.25, -0.2) is 24.3 Å². The van der Waals surface area contributed by atoms with Gasteiger partial charge in [-0.2, -0.15) is 15.5 Å². The van der Waals surface area contributed by atoms with Crippen LogP contribution in [0.3, 0.4) is 0 Å². The minimum absolute atomic E-state index is 0.356. The van der Waals surface area contributed by atoms with Crippen LogP contribution in [0.5, 0.6) is 0 Å². The number of halogens is 1. The molecule has 1 fully saturated rings. The highest BCUT2D eigenvalue weighted by Crippen LogP contribution is 2.37. The van der Waals surface area contributed by atoms with Crippen LogP contribution in [0, 0.1) is 31.8 Å². The third-order valence-corrected chi connectivity index (χ3v) is 11.6. The van der Waals surface area contributed by atoms with E-state index in [0.717, 1.165) is 64.8 Å². The van der Waals surface area contributed by atoms with Gasteiger partial charge in [0.05, 0.1) is 34.6 Å². The summed E-state index contributed by atoms with van der Waals surface area (Å²) >= 11 is 6.01. The molecule has 0 unspecified atom stereocenters. The largest absolute Gasteiger partial charge is 0.494 e. The van der Waals surface area contributed by atoms with Gasteiger partial charge in [0.15, 0.2) is 21.2 Å².